The minimum Gasteiger partial charge on any atom is -0.455 e. The minimum absolute atomic E-state index is 0.903. The summed E-state index contributed by atoms with van der Waals surface area (Å²) in [7, 11) is 11.3. The molecule has 9 aromatic rings. The number of benzene rings is 8. The van der Waals surface area contributed by atoms with Crippen molar-refractivity contribution in [2.45, 2.75) is 0 Å². The third-order valence-corrected chi connectivity index (χ3v) is 11.4. The normalized spacial score (nSPS) is 11.4. The van der Waals surface area contributed by atoms with Gasteiger partial charge in [-0.1, -0.05) is 143 Å². The van der Waals surface area contributed by atoms with Crippen LogP contribution in [-0.2, 0) is 0 Å². The Balaban J connectivity index is 1.18. The summed E-state index contributed by atoms with van der Waals surface area (Å²) in [5.74, 6) is 0. The fraction of sp³-hybridized carbons (Fsp3) is 0. The second kappa shape index (κ2) is 13.2. The molecule has 0 amide bonds. The van der Waals surface area contributed by atoms with Crippen LogP contribution in [0.15, 0.2) is 162 Å². The summed E-state index contributed by atoms with van der Waals surface area (Å²) in [4.78, 5) is 2.46. The van der Waals surface area contributed by atoms with Crippen LogP contribution in [0.5, 0.6) is 0 Å². The van der Waals surface area contributed by atoms with E-state index in [1.54, 1.807) is 0 Å². The highest BCUT2D eigenvalue weighted by atomic mass is 16.3. The standard InChI is InChI=1S/C46H36B5NO/c47-40-41(48)43(50)45(44(51)42(40)49)52(33-23-20-30(21-24-33)29-18-16-28(17-19-29)27-8-2-1-3-9-27)34-12-6-11-32(26-34)35-14-7-15-38-39(35)37-25-22-31-10-4-5-13-36(31)46(37)53-38/h1-26H,47-51H2. The highest BCUT2D eigenvalue weighted by Gasteiger charge is 2.22. The van der Waals surface area contributed by atoms with Gasteiger partial charge in [-0.25, -0.2) is 0 Å². The number of anilines is 3. The van der Waals surface area contributed by atoms with E-state index in [4.69, 9.17) is 4.42 Å². The zero-order chi connectivity index (χ0) is 36.2. The number of fused-ring (bicyclic) bond motifs is 5. The van der Waals surface area contributed by atoms with E-state index in [1.165, 1.54) is 60.6 Å². The highest BCUT2D eigenvalue weighted by Crippen LogP contribution is 2.41. The molecule has 0 aliphatic rings. The van der Waals surface area contributed by atoms with Gasteiger partial charge in [0.15, 0.2) is 0 Å². The lowest BCUT2D eigenvalue weighted by Crippen LogP contribution is -2.56. The molecule has 0 bridgehead atoms. The Kier molecular flexibility index (Phi) is 8.16. The van der Waals surface area contributed by atoms with Crippen LogP contribution in [0.4, 0.5) is 17.1 Å². The van der Waals surface area contributed by atoms with Gasteiger partial charge in [0.1, 0.15) is 50.4 Å². The van der Waals surface area contributed by atoms with Crippen molar-refractivity contribution >= 4 is 116 Å². The summed E-state index contributed by atoms with van der Waals surface area (Å²) in [6.45, 7) is 0. The average Bonchev–Trinajstić information content (AvgIpc) is 3.61. The molecule has 0 saturated heterocycles. The van der Waals surface area contributed by atoms with Gasteiger partial charge in [-0.3, -0.25) is 0 Å². The molecular formula is C46H36B5NO. The van der Waals surface area contributed by atoms with Crippen LogP contribution in [0.1, 0.15) is 0 Å². The molecule has 0 N–H and O–H groups in total. The summed E-state index contributed by atoms with van der Waals surface area (Å²) in [6, 6.07) is 56.8. The summed E-state index contributed by atoms with van der Waals surface area (Å²) in [5, 5.41) is 4.61. The summed E-state index contributed by atoms with van der Waals surface area (Å²) in [6.07, 6.45) is 0. The van der Waals surface area contributed by atoms with E-state index in [1.807, 2.05) is 0 Å². The number of hydrogen-bond donors (Lipinski definition) is 0. The van der Waals surface area contributed by atoms with E-state index in [2.05, 4.69) is 202 Å². The fourth-order valence-electron chi connectivity index (χ4n) is 8.12. The topological polar surface area (TPSA) is 16.4 Å². The largest absolute Gasteiger partial charge is 0.455 e. The highest BCUT2D eigenvalue weighted by molar-refractivity contribution is 6.69. The zero-order valence-corrected chi connectivity index (χ0v) is 30.9. The number of rotatable bonds is 6. The van der Waals surface area contributed by atoms with E-state index in [0.29, 0.717) is 0 Å². The lowest BCUT2D eigenvalue weighted by atomic mass is 9.61. The van der Waals surface area contributed by atoms with Gasteiger partial charge in [-0.2, -0.15) is 0 Å². The van der Waals surface area contributed by atoms with Crippen molar-refractivity contribution in [2.24, 2.45) is 0 Å². The maximum absolute atomic E-state index is 6.58. The molecule has 0 aliphatic carbocycles. The fourth-order valence-corrected chi connectivity index (χ4v) is 8.12. The second-order valence-electron chi connectivity index (χ2n) is 14.3. The maximum atomic E-state index is 6.58. The molecule has 9 rings (SSSR count). The first-order valence-electron chi connectivity index (χ1n) is 18.4. The quantitative estimate of drug-likeness (QED) is 0.242. The maximum Gasteiger partial charge on any atom is 0.143 e. The minimum atomic E-state index is 0.903. The van der Waals surface area contributed by atoms with Crippen molar-refractivity contribution in [2.75, 3.05) is 4.90 Å². The van der Waals surface area contributed by atoms with Crippen LogP contribution >= 0.6 is 0 Å². The molecule has 1 heterocycles. The zero-order valence-electron chi connectivity index (χ0n) is 30.9. The molecule has 0 spiro atoms. The molecular weight excluding hydrogens is 637 g/mol. The smallest absolute Gasteiger partial charge is 0.143 e. The molecule has 0 saturated carbocycles. The Morgan fingerprint density at radius 3 is 1.66 bits per heavy atom. The van der Waals surface area contributed by atoms with Gasteiger partial charge in [0.25, 0.3) is 0 Å². The van der Waals surface area contributed by atoms with E-state index >= 15 is 0 Å². The monoisotopic (exact) mass is 673 g/mol. The third-order valence-electron chi connectivity index (χ3n) is 11.4. The second-order valence-corrected chi connectivity index (χ2v) is 14.3. The van der Waals surface area contributed by atoms with Gasteiger partial charge >= 0.3 is 0 Å². The first-order chi connectivity index (χ1) is 25.9. The van der Waals surface area contributed by atoms with Gasteiger partial charge in [-0.05, 0) is 75.2 Å². The van der Waals surface area contributed by atoms with Gasteiger partial charge in [0.2, 0.25) is 0 Å². The molecule has 0 fully saturated rings. The van der Waals surface area contributed by atoms with Crippen LogP contribution in [0, 0.1) is 0 Å². The number of hydrogen-bond acceptors (Lipinski definition) is 2. The molecule has 0 atom stereocenters. The van der Waals surface area contributed by atoms with Crippen LogP contribution in [-0.4, -0.2) is 39.2 Å². The van der Waals surface area contributed by atoms with Crippen LogP contribution in [0.3, 0.4) is 0 Å². The lowest BCUT2D eigenvalue weighted by molar-refractivity contribution is 0.673. The molecule has 1 aromatic heterocycles. The van der Waals surface area contributed by atoms with Gasteiger partial charge in [0.05, 0.1) is 0 Å². The number of furan rings is 1. The van der Waals surface area contributed by atoms with Crippen molar-refractivity contribution in [1.29, 1.82) is 0 Å². The summed E-state index contributed by atoms with van der Waals surface area (Å²) < 4.78 is 6.58. The summed E-state index contributed by atoms with van der Waals surface area (Å²) in [5.41, 5.74) is 19.1. The van der Waals surface area contributed by atoms with Crippen molar-refractivity contribution in [1.82, 2.24) is 0 Å². The molecule has 0 unspecified atom stereocenters. The van der Waals surface area contributed by atoms with Crippen LogP contribution < -0.4 is 32.2 Å². The predicted molar refractivity (Wildman–Crippen MR) is 243 cm³/mol. The molecule has 2 nitrogen and oxygen atoms in total. The first-order valence-corrected chi connectivity index (χ1v) is 18.4. The van der Waals surface area contributed by atoms with Crippen LogP contribution in [0.25, 0.3) is 66.1 Å². The summed E-state index contributed by atoms with van der Waals surface area (Å²) >= 11 is 0. The predicted octanol–water partition coefficient (Wildman–Crippen LogP) is 4.50. The Hall–Kier alpha value is -6.06. The van der Waals surface area contributed by atoms with E-state index in [9.17, 15) is 0 Å². The first kappa shape index (κ1) is 32.8. The van der Waals surface area contributed by atoms with Gasteiger partial charge < -0.3 is 9.32 Å². The molecule has 0 aliphatic heterocycles. The molecule has 0 radical (unpaired) electrons. The van der Waals surface area contributed by atoms with Crippen molar-refractivity contribution in [3.05, 3.63) is 158 Å². The van der Waals surface area contributed by atoms with Crippen molar-refractivity contribution in [3.63, 3.8) is 0 Å². The Morgan fingerprint density at radius 1 is 0.396 bits per heavy atom. The Bertz CT molecular complexity index is 2800. The van der Waals surface area contributed by atoms with E-state index in [0.717, 1.165) is 49.8 Å². The van der Waals surface area contributed by atoms with E-state index in [-0.39, 0.29) is 0 Å². The Labute approximate surface area is 315 Å². The van der Waals surface area contributed by atoms with Crippen molar-refractivity contribution < 1.29 is 4.42 Å². The number of nitrogens with zero attached hydrogens (tertiary/aromatic N) is 1. The molecule has 53 heavy (non-hydrogen) atoms. The lowest BCUT2D eigenvalue weighted by Gasteiger charge is -2.32. The third kappa shape index (κ3) is 5.59. The SMILES string of the molecule is Bc1c(B)c(B)c(N(c2ccc(-c3ccc(-c4ccccc4)cc3)cc2)c2cccc(-c3cccc4oc5c6ccccc6ccc5c34)c2)c(B)c1B. The van der Waals surface area contributed by atoms with Gasteiger partial charge in [0, 0.05) is 33.2 Å². The molecule has 7 heteroatoms. The Morgan fingerprint density at radius 2 is 0.962 bits per heavy atom. The van der Waals surface area contributed by atoms with Crippen molar-refractivity contribution in [3.8, 4) is 33.4 Å². The molecule has 8 aromatic carbocycles. The van der Waals surface area contributed by atoms with E-state index < -0.39 is 0 Å². The molecule has 246 valence electrons. The van der Waals surface area contributed by atoms with Gasteiger partial charge in [-0.15, -0.1) is 5.46 Å². The average molecular weight is 673 g/mol. The van der Waals surface area contributed by atoms with Crippen LogP contribution in [0.2, 0.25) is 0 Å².